The van der Waals surface area contributed by atoms with Gasteiger partial charge >= 0.3 is 0 Å². The summed E-state index contributed by atoms with van der Waals surface area (Å²) >= 11 is 2.25. The minimum absolute atomic E-state index is 0.0558. The van der Waals surface area contributed by atoms with Crippen LogP contribution in [-0.4, -0.2) is 21.1 Å². The highest BCUT2D eigenvalue weighted by atomic mass is 32.2. The molecule has 19 heavy (non-hydrogen) atoms. The summed E-state index contributed by atoms with van der Waals surface area (Å²) < 4.78 is 0. The maximum absolute atomic E-state index is 11.7. The number of nitrogens with two attached hydrogens (primary N) is 1. The van der Waals surface area contributed by atoms with Crippen molar-refractivity contribution in [3.05, 3.63) is 52.5 Å². The summed E-state index contributed by atoms with van der Waals surface area (Å²) in [7, 11) is 0. The predicted molar refractivity (Wildman–Crippen MR) is 78.9 cm³/mol. The molecule has 0 bridgehead atoms. The zero-order chi connectivity index (χ0) is 13.7. The SMILES string of the molecule is N=C(SC(N)=NC(=O)c1cccs1)c1ccncc1. The summed E-state index contributed by atoms with van der Waals surface area (Å²) in [5, 5.41) is 9.92. The monoisotopic (exact) mass is 290 g/mol. The van der Waals surface area contributed by atoms with Crippen LogP contribution in [-0.2, 0) is 0 Å². The van der Waals surface area contributed by atoms with Gasteiger partial charge in [-0.3, -0.25) is 15.2 Å². The molecule has 0 aliphatic heterocycles. The van der Waals surface area contributed by atoms with Gasteiger partial charge in [0.05, 0.1) is 4.88 Å². The summed E-state index contributed by atoms with van der Waals surface area (Å²) in [4.78, 5) is 19.8. The average Bonchev–Trinajstić information content (AvgIpc) is 2.93. The average molecular weight is 290 g/mol. The molecule has 0 atom stereocenters. The molecule has 0 saturated carbocycles. The van der Waals surface area contributed by atoms with Crippen LogP contribution in [0, 0.1) is 5.41 Å². The van der Waals surface area contributed by atoms with E-state index in [1.807, 2.05) is 0 Å². The first-order chi connectivity index (χ1) is 9.16. The van der Waals surface area contributed by atoms with Crippen LogP contribution < -0.4 is 5.73 Å². The molecule has 2 aromatic rings. The second-order valence-electron chi connectivity index (χ2n) is 3.40. The minimum atomic E-state index is -0.387. The topological polar surface area (TPSA) is 92.2 Å². The normalized spacial score (nSPS) is 11.3. The highest BCUT2D eigenvalue weighted by molar-refractivity contribution is 8.26. The first kappa shape index (κ1) is 13.4. The van der Waals surface area contributed by atoms with Crippen molar-refractivity contribution in [2.24, 2.45) is 10.7 Å². The van der Waals surface area contributed by atoms with Gasteiger partial charge in [-0.25, -0.2) is 0 Å². The number of aromatic nitrogens is 1. The number of nitrogens with one attached hydrogen (secondary N) is 1. The van der Waals surface area contributed by atoms with Crippen LogP contribution in [0.3, 0.4) is 0 Å². The van der Waals surface area contributed by atoms with Crippen molar-refractivity contribution in [2.45, 2.75) is 0 Å². The van der Waals surface area contributed by atoms with Crippen LogP contribution in [0.4, 0.5) is 0 Å². The van der Waals surface area contributed by atoms with E-state index >= 15 is 0 Å². The molecular weight excluding hydrogens is 280 g/mol. The van der Waals surface area contributed by atoms with Gasteiger partial charge in [0.2, 0.25) is 0 Å². The second-order valence-corrected chi connectivity index (χ2v) is 5.38. The smallest absolute Gasteiger partial charge is 0.289 e. The van der Waals surface area contributed by atoms with E-state index in [9.17, 15) is 4.79 Å². The number of amides is 1. The lowest BCUT2D eigenvalue weighted by Crippen LogP contribution is -2.13. The molecule has 0 aliphatic rings. The molecule has 1 amide bonds. The van der Waals surface area contributed by atoms with E-state index in [0.29, 0.717) is 10.4 Å². The lowest BCUT2D eigenvalue weighted by Gasteiger charge is -2.02. The highest BCUT2D eigenvalue weighted by Gasteiger charge is 2.09. The maximum atomic E-state index is 11.7. The van der Waals surface area contributed by atoms with Gasteiger partial charge in [-0.15, -0.1) is 11.3 Å². The van der Waals surface area contributed by atoms with Crippen LogP contribution >= 0.6 is 23.1 Å². The number of rotatable bonds is 2. The number of hydrogen-bond donors (Lipinski definition) is 2. The number of carbonyl (C=O) groups excluding carboxylic acids is 1. The van der Waals surface area contributed by atoms with E-state index in [-0.39, 0.29) is 16.1 Å². The Morgan fingerprint density at radius 3 is 2.74 bits per heavy atom. The third-order valence-corrected chi connectivity index (χ3v) is 3.69. The first-order valence-electron chi connectivity index (χ1n) is 5.25. The third kappa shape index (κ3) is 3.73. The summed E-state index contributed by atoms with van der Waals surface area (Å²) in [5.74, 6) is -0.387. The molecule has 0 aromatic carbocycles. The third-order valence-electron chi connectivity index (χ3n) is 2.09. The Kier molecular flexibility index (Phi) is 4.43. The molecule has 0 unspecified atom stereocenters. The Balaban J connectivity index is 2.03. The molecule has 0 fully saturated rings. The van der Waals surface area contributed by atoms with Gasteiger partial charge in [-0.2, -0.15) is 4.99 Å². The number of thiophene rings is 1. The van der Waals surface area contributed by atoms with Crippen LogP contribution in [0.1, 0.15) is 15.2 Å². The largest absolute Gasteiger partial charge is 0.378 e. The minimum Gasteiger partial charge on any atom is -0.378 e. The molecule has 2 heterocycles. The van der Waals surface area contributed by atoms with Crippen molar-refractivity contribution in [1.82, 2.24) is 4.98 Å². The van der Waals surface area contributed by atoms with Crippen molar-refractivity contribution in [3.63, 3.8) is 0 Å². The number of aliphatic imine (C=N–C) groups is 1. The van der Waals surface area contributed by atoms with E-state index in [1.54, 1.807) is 42.0 Å². The summed E-state index contributed by atoms with van der Waals surface area (Å²) in [6.45, 7) is 0. The van der Waals surface area contributed by atoms with Gasteiger partial charge in [0, 0.05) is 18.0 Å². The lowest BCUT2D eigenvalue weighted by atomic mass is 10.3. The van der Waals surface area contributed by atoms with Gasteiger partial charge in [0.1, 0.15) is 5.04 Å². The van der Waals surface area contributed by atoms with E-state index in [4.69, 9.17) is 11.1 Å². The van der Waals surface area contributed by atoms with Crippen LogP contribution in [0.15, 0.2) is 47.0 Å². The standard InChI is InChI=1S/C12H10N4OS2/c13-10(8-3-5-15-6-4-8)19-12(14)16-11(17)9-2-1-7-18-9/h1-7,13H,(H2,14,16,17). The Hall–Kier alpha value is -1.99. The molecule has 96 valence electrons. The molecule has 0 radical (unpaired) electrons. The molecule has 5 nitrogen and oxygen atoms in total. The molecule has 3 N–H and O–H groups in total. The molecule has 0 aliphatic carbocycles. The van der Waals surface area contributed by atoms with Gasteiger partial charge in [-0.1, -0.05) is 6.07 Å². The van der Waals surface area contributed by atoms with Gasteiger partial charge in [0.25, 0.3) is 5.91 Å². The van der Waals surface area contributed by atoms with Gasteiger partial charge < -0.3 is 5.73 Å². The Morgan fingerprint density at radius 2 is 2.11 bits per heavy atom. The lowest BCUT2D eigenvalue weighted by molar-refractivity contribution is 0.101. The van der Waals surface area contributed by atoms with Gasteiger partial charge in [-0.05, 0) is 35.3 Å². The fourth-order valence-electron chi connectivity index (χ4n) is 1.25. The molecule has 7 heteroatoms. The van der Waals surface area contributed by atoms with Crippen LogP contribution in [0.25, 0.3) is 0 Å². The maximum Gasteiger partial charge on any atom is 0.289 e. The van der Waals surface area contributed by atoms with Crippen LogP contribution in [0.2, 0.25) is 0 Å². The van der Waals surface area contributed by atoms with Crippen molar-refractivity contribution in [1.29, 1.82) is 5.41 Å². The molecule has 2 rings (SSSR count). The number of carbonyl (C=O) groups is 1. The van der Waals surface area contributed by atoms with Crippen molar-refractivity contribution >= 4 is 39.2 Å². The summed E-state index contributed by atoms with van der Waals surface area (Å²) in [6, 6.07) is 6.85. The van der Waals surface area contributed by atoms with Crippen molar-refractivity contribution in [3.8, 4) is 0 Å². The molecule has 0 saturated heterocycles. The van der Waals surface area contributed by atoms with Gasteiger partial charge in [0.15, 0.2) is 5.17 Å². The van der Waals surface area contributed by atoms with E-state index < -0.39 is 0 Å². The zero-order valence-electron chi connectivity index (χ0n) is 9.74. The van der Waals surface area contributed by atoms with Crippen LogP contribution in [0.5, 0.6) is 0 Å². The fraction of sp³-hybridized carbons (Fsp3) is 0. The van der Waals surface area contributed by atoms with Crippen molar-refractivity contribution in [2.75, 3.05) is 0 Å². The fourth-order valence-corrected chi connectivity index (χ4v) is 2.44. The molecular formula is C12H10N4OS2. The number of amidine groups is 1. The quantitative estimate of drug-likeness (QED) is 0.656. The number of nitrogens with zero attached hydrogens (tertiary/aromatic N) is 2. The highest BCUT2D eigenvalue weighted by Crippen LogP contribution is 2.14. The Bertz CT molecular complexity index is 608. The number of thioether (sulfide) groups is 1. The Morgan fingerprint density at radius 1 is 1.37 bits per heavy atom. The first-order valence-corrected chi connectivity index (χ1v) is 6.95. The number of hydrogen-bond acceptors (Lipinski definition) is 5. The molecule has 2 aromatic heterocycles. The zero-order valence-corrected chi connectivity index (χ0v) is 11.4. The predicted octanol–water partition coefficient (Wildman–Crippen LogP) is 2.36. The second kappa shape index (κ2) is 6.26. The summed E-state index contributed by atoms with van der Waals surface area (Å²) in [6.07, 6.45) is 3.18. The van der Waals surface area contributed by atoms with Crippen molar-refractivity contribution < 1.29 is 4.79 Å². The summed E-state index contributed by atoms with van der Waals surface area (Å²) in [5.41, 5.74) is 6.34. The Labute approximate surface area is 118 Å². The van der Waals surface area contributed by atoms with E-state index in [0.717, 1.165) is 11.8 Å². The number of pyridine rings is 1. The van der Waals surface area contributed by atoms with E-state index in [2.05, 4.69) is 9.98 Å². The molecule has 0 spiro atoms. The van der Waals surface area contributed by atoms with E-state index in [1.165, 1.54) is 11.3 Å².